The van der Waals surface area contributed by atoms with Gasteiger partial charge in [-0.25, -0.2) is 4.98 Å². The lowest BCUT2D eigenvalue weighted by Gasteiger charge is -2.08. The average molecular weight is 441 g/mol. The van der Waals surface area contributed by atoms with Gasteiger partial charge in [0.25, 0.3) is 5.91 Å². The van der Waals surface area contributed by atoms with Crippen LogP contribution in [0.1, 0.15) is 34.8 Å². The van der Waals surface area contributed by atoms with Crippen LogP contribution in [0.4, 0.5) is 5.69 Å². The monoisotopic (exact) mass is 440 g/mol. The molecule has 2 N–H and O–H groups in total. The van der Waals surface area contributed by atoms with Gasteiger partial charge in [-0.15, -0.1) is 0 Å². The molecule has 7 nitrogen and oxygen atoms in total. The minimum absolute atomic E-state index is 0.129. The predicted molar refractivity (Wildman–Crippen MR) is 125 cm³/mol. The van der Waals surface area contributed by atoms with Crippen molar-refractivity contribution >= 4 is 17.5 Å². The van der Waals surface area contributed by atoms with Crippen molar-refractivity contribution in [1.29, 1.82) is 0 Å². The maximum Gasteiger partial charge on any atom is 0.251 e. The number of pyridine rings is 1. The molecule has 0 saturated heterocycles. The van der Waals surface area contributed by atoms with E-state index in [0.717, 1.165) is 11.3 Å². The highest BCUT2D eigenvalue weighted by Gasteiger charge is 2.10. The molecule has 0 saturated carbocycles. The highest BCUT2D eigenvalue weighted by molar-refractivity contribution is 5.97. The van der Waals surface area contributed by atoms with Crippen LogP contribution in [0, 0.1) is 0 Å². The topological polar surface area (TPSA) is 97.1 Å². The first kappa shape index (κ1) is 22.0. The van der Waals surface area contributed by atoms with Crippen LogP contribution in [-0.2, 0) is 17.8 Å². The molecule has 0 radical (unpaired) electrons. The van der Waals surface area contributed by atoms with Gasteiger partial charge in [-0.1, -0.05) is 42.5 Å². The summed E-state index contributed by atoms with van der Waals surface area (Å²) >= 11 is 0. The second-order valence-electron chi connectivity index (χ2n) is 7.47. The van der Waals surface area contributed by atoms with Crippen molar-refractivity contribution in [3.63, 3.8) is 0 Å². The molecule has 2 heterocycles. The summed E-state index contributed by atoms with van der Waals surface area (Å²) in [7, 11) is 0. The first-order valence-corrected chi connectivity index (χ1v) is 10.8. The van der Waals surface area contributed by atoms with Gasteiger partial charge in [0.2, 0.25) is 5.91 Å². The lowest BCUT2D eigenvalue weighted by atomic mass is 10.1. The van der Waals surface area contributed by atoms with Crippen LogP contribution in [0.5, 0.6) is 0 Å². The first-order chi connectivity index (χ1) is 16.2. The molecule has 166 valence electrons. The van der Waals surface area contributed by atoms with Crippen molar-refractivity contribution in [3.05, 3.63) is 102 Å². The molecule has 2 aromatic carbocycles. The zero-order chi connectivity index (χ0) is 22.9. The third-order valence-electron chi connectivity index (χ3n) is 4.97. The van der Waals surface area contributed by atoms with Crippen molar-refractivity contribution in [2.24, 2.45) is 0 Å². The van der Waals surface area contributed by atoms with Crippen LogP contribution >= 0.6 is 0 Å². The van der Waals surface area contributed by atoms with Crippen LogP contribution in [-0.4, -0.2) is 21.8 Å². The summed E-state index contributed by atoms with van der Waals surface area (Å²) in [5.74, 6) is 0.965. The Balaban J connectivity index is 1.24. The van der Waals surface area contributed by atoms with Gasteiger partial charge in [0.15, 0.2) is 11.7 Å². The molecule has 0 aliphatic heterocycles. The van der Waals surface area contributed by atoms with E-state index in [9.17, 15) is 9.59 Å². The number of amides is 2. The number of anilines is 1. The van der Waals surface area contributed by atoms with Crippen molar-refractivity contribution in [3.8, 4) is 11.3 Å². The van der Waals surface area contributed by atoms with E-state index in [0.29, 0.717) is 48.7 Å². The molecule has 0 bridgehead atoms. The van der Waals surface area contributed by atoms with Crippen LogP contribution in [0.2, 0.25) is 0 Å². The number of aromatic nitrogens is 2. The number of carbonyl (C=O) groups excluding carboxylic acids is 2. The summed E-state index contributed by atoms with van der Waals surface area (Å²) in [6.45, 7) is 0.336. The molecule has 0 spiro atoms. The largest absolute Gasteiger partial charge is 0.441 e. The number of nitrogens with one attached hydrogen (secondary N) is 2. The molecule has 4 rings (SSSR count). The second kappa shape index (κ2) is 10.9. The molecule has 0 unspecified atom stereocenters. The fourth-order valence-corrected chi connectivity index (χ4v) is 3.30. The number of oxazole rings is 1. The predicted octanol–water partition coefficient (Wildman–Crippen LogP) is 4.63. The summed E-state index contributed by atoms with van der Waals surface area (Å²) < 4.78 is 5.78. The number of hydrogen-bond donors (Lipinski definition) is 2. The zero-order valence-electron chi connectivity index (χ0n) is 18.0. The Morgan fingerprint density at radius 2 is 1.76 bits per heavy atom. The average Bonchev–Trinajstić information content (AvgIpc) is 3.33. The van der Waals surface area contributed by atoms with Gasteiger partial charge in [-0.2, -0.15) is 0 Å². The molecule has 0 aliphatic rings. The summed E-state index contributed by atoms with van der Waals surface area (Å²) in [4.78, 5) is 33.3. The first-order valence-electron chi connectivity index (χ1n) is 10.8. The number of nitrogens with zero attached hydrogens (tertiary/aromatic N) is 2. The lowest BCUT2D eigenvalue weighted by Crippen LogP contribution is -2.23. The third-order valence-corrected chi connectivity index (χ3v) is 4.97. The number of carbonyl (C=O) groups is 2. The smallest absolute Gasteiger partial charge is 0.251 e. The summed E-state index contributed by atoms with van der Waals surface area (Å²) in [6.07, 6.45) is 4.87. The Hall–Kier alpha value is -4.26. The minimum Gasteiger partial charge on any atom is -0.441 e. The second-order valence-corrected chi connectivity index (χ2v) is 7.47. The van der Waals surface area contributed by atoms with E-state index in [4.69, 9.17) is 4.42 Å². The van der Waals surface area contributed by atoms with Crippen molar-refractivity contribution in [2.75, 3.05) is 5.32 Å². The van der Waals surface area contributed by atoms with Gasteiger partial charge in [-0.3, -0.25) is 14.6 Å². The highest BCUT2D eigenvalue weighted by atomic mass is 16.4. The Labute approximate surface area is 191 Å². The molecule has 0 aliphatic carbocycles. The van der Waals surface area contributed by atoms with Crippen molar-refractivity contribution in [2.45, 2.75) is 25.8 Å². The van der Waals surface area contributed by atoms with Gasteiger partial charge in [0, 0.05) is 35.9 Å². The summed E-state index contributed by atoms with van der Waals surface area (Å²) in [5, 5.41) is 5.68. The number of hydrogen-bond acceptors (Lipinski definition) is 5. The van der Waals surface area contributed by atoms with Gasteiger partial charge in [0.05, 0.1) is 18.4 Å². The van der Waals surface area contributed by atoms with Gasteiger partial charge >= 0.3 is 0 Å². The maximum absolute atomic E-state index is 12.4. The van der Waals surface area contributed by atoms with E-state index in [-0.39, 0.29) is 11.8 Å². The van der Waals surface area contributed by atoms with E-state index in [1.54, 1.807) is 36.7 Å². The maximum atomic E-state index is 12.4. The number of rotatable bonds is 9. The number of aryl methyl sites for hydroxylation is 1. The van der Waals surface area contributed by atoms with Gasteiger partial charge in [-0.05, 0) is 36.8 Å². The fourth-order valence-electron chi connectivity index (χ4n) is 3.30. The van der Waals surface area contributed by atoms with Crippen LogP contribution in [0.25, 0.3) is 11.3 Å². The van der Waals surface area contributed by atoms with E-state index >= 15 is 0 Å². The quantitative estimate of drug-likeness (QED) is 0.396. The van der Waals surface area contributed by atoms with E-state index in [2.05, 4.69) is 20.6 Å². The van der Waals surface area contributed by atoms with Gasteiger partial charge < -0.3 is 15.1 Å². The molecule has 0 atom stereocenters. The summed E-state index contributed by atoms with van der Waals surface area (Å²) in [6, 6.07) is 22.2. The molecule has 33 heavy (non-hydrogen) atoms. The molecule has 7 heteroatoms. The normalized spacial score (nSPS) is 10.5. The Morgan fingerprint density at radius 3 is 2.58 bits per heavy atom. The zero-order valence-corrected chi connectivity index (χ0v) is 18.0. The standard InChI is InChI=1S/C26H24N4O3/c31-24(13-7-14-25-28-18-23(33-25)19-8-2-1-3-9-19)30-21-12-6-10-20(16-21)26(32)29-17-22-11-4-5-15-27-22/h1-6,8-12,15-16,18H,7,13-14,17H2,(H,29,32)(H,30,31). The Kier molecular flexibility index (Phi) is 7.22. The minimum atomic E-state index is -0.227. The number of benzene rings is 2. The third kappa shape index (κ3) is 6.36. The van der Waals surface area contributed by atoms with Crippen molar-refractivity contribution < 1.29 is 14.0 Å². The molecule has 2 amide bonds. The summed E-state index contributed by atoms with van der Waals surface area (Å²) in [5.41, 5.74) is 2.79. The van der Waals surface area contributed by atoms with Gasteiger partial charge in [0.1, 0.15) is 0 Å². The molecule has 0 fully saturated rings. The molecule has 2 aromatic heterocycles. The lowest BCUT2D eigenvalue weighted by molar-refractivity contribution is -0.116. The molecular weight excluding hydrogens is 416 g/mol. The molecular formula is C26H24N4O3. The van der Waals surface area contributed by atoms with E-state index in [1.807, 2.05) is 48.5 Å². The molecule has 4 aromatic rings. The van der Waals surface area contributed by atoms with Crippen LogP contribution < -0.4 is 10.6 Å². The van der Waals surface area contributed by atoms with Crippen molar-refractivity contribution in [1.82, 2.24) is 15.3 Å². The Bertz CT molecular complexity index is 1210. The van der Waals surface area contributed by atoms with Crippen LogP contribution in [0.3, 0.4) is 0 Å². The highest BCUT2D eigenvalue weighted by Crippen LogP contribution is 2.20. The van der Waals surface area contributed by atoms with Crippen LogP contribution in [0.15, 0.2) is 89.6 Å². The van der Waals surface area contributed by atoms with E-state index < -0.39 is 0 Å². The van der Waals surface area contributed by atoms with E-state index in [1.165, 1.54) is 0 Å². The fraction of sp³-hybridized carbons (Fsp3) is 0.154. The Morgan fingerprint density at radius 1 is 0.909 bits per heavy atom. The SMILES string of the molecule is O=C(CCCc1ncc(-c2ccccc2)o1)Nc1cccc(C(=O)NCc2ccccn2)c1.